The summed E-state index contributed by atoms with van der Waals surface area (Å²) in [5.41, 5.74) is 6.44. The molecule has 2 aromatic heterocycles. The second kappa shape index (κ2) is 5.95. The van der Waals surface area contributed by atoms with E-state index < -0.39 is 30.6 Å². The van der Waals surface area contributed by atoms with Crippen LogP contribution < -0.4 is 11.1 Å². The molecule has 1 aliphatic rings. The predicted molar refractivity (Wildman–Crippen MR) is 76.1 cm³/mol. The van der Waals surface area contributed by atoms with Gasteiger partial charge in [-0.2, -0.15) is 0 Å². The van der Waals surface area contributed by atoms with Crippen LogP contribution >= 0.6 is 0 Å². The van der Waals surface area contributed by atoms with E-state index >= 15 is 0 Å². The van der Waals surface area contributed by atoms with Crippen LogP contribution in [0.15, 0.2) is 12.7 Å². The lowest BCUT2D eigenvalue weighted by molar-refractivity contribution is -0.0531. The Bertz CT molecular complexity index is 721. The maximum absolute atomic E-state index is 11.1. The van der Waals surface area contributed by atoms with Gasteiger partial charge in [-0.3, -0.25) is 4.57 Å². The van der Waals surface area contributed by atoms with Crippen molar-refractivity contribution in [2.75, 3.05) is 19.4 Å². The topological polar surface area (TPSA) is 158 Å². The molecule has 0 bridgehead atoms. The summed E-state index contributed by atoms with van der Waals surface area (Å²) in [5.74, 6) is 0.196. The van der Waals surface area contributed by atoms with Crippen molar-refractivity contribution < 1.29 is 24.5 Å². The molecule has 0 aromatic carbocycles. The highest BCUT2D eigenvalue weighted by Gasteiger charge is 2.44. The van der Waals surface area contributed by atoms with Crippen molar-refractivity contribution in [2.45, 2.75) is 24.5 Å². The number of nitrogens with zero attached hydrogens (tertiary/aromatic N) is 4. The van der Waals surface area contributed by atoms with Crippen LogP contribution in [0.5, 0.6) is 0 Å². The highest BCUT2D eigenvalue weighted by molar-refractivity contribution is 5.81. The summed E-state index contributed by atoms with van der Waals surface area (Å²) in [6.45, 7) is -0.210. The minimum Gasteiger partial charge on any atom is -0.447 e. The highest BCUT2D eigenvalue weighted by Crippen LogP contribution is 2.32. The summed E-state index contributed by atoms with van der Waals surface area (Å²) in [5, 5.41) is 22.5. The van der Waals surface area contributed by atoms with Crippen molar-refractivity contribution >= 4 is 23.1 Å². The Morgan fingerprint density at radius 1 is 1.43 bits per heavy atom. The van der Waals surface area contributed by atoms with Gasteiger partial charge in [0, 0.05) is 7.05 Å². The lowest BCUT2D eigenvalue weighted by Crippen LogP contribution is -2.35. The second-order valence-electron chi connectivity index (χ2n) is 4.98. The first-order valence-electron chi connectivity index (χ1n) is 6.82. The molecule has 3 heterocycles. The maximum Gasteiger partial charge on any atom is 0.406 e. The number of hydrogen-bond acceptors (Lipinski definition) is 9. The number of aliphatic hydroxyl groups excluding tert-OH is 2. The van der Waals surface area contributed by atoms with Crippen molar-refractivity contribution in [2.24, 2.45) is 0 Å². The molecule has 4 atom stereocenters. The van der Waals surface area contributed by atoms with Crippen LogP contribution in [-0.4, -0.2) is 67.8 Å². The first-order valence-corrected chi connectivity index (χ1v) is 6.82. The number of rotatable bonds is 3. The van der Waals surface area contributed by atoms with Crippen molar-refractivity contribution in [1.82, 2.24) is 24.8 Å². The molecule has 0 saturated carbocycles. The van der Waals surface area contributed by atoms with E-state index in [1.807, 2.05) is 0 Å². The molecule has 23 heavy (non-hydrogen) atoms. The van der Waals surface area contributed by atoms with Gasteiger partial charge >= 0.3 is 6.09 Å². The molecule has 11 heteroatoms. The van der Waals surface area contributed by atoms with Crippen LogP contribution in [0.25, 0.3) is 11.2 Å². The third kappa shape index (κ3) is 2.65. The number of alkyl carbamates (subject to hydrolysis) is 1. The van der Waals surface area contributed by atoms with Gasteiger partial charge in [0.15, 0.2) is 17.7 Å². The highest BCUT2D eigenvalue weighted by atomic mass is 16.6. The molecule has 1 saturated heterocycles. The summed E-state index contributed by atoms with van der Waals surface area (Å²) in [6.07, 6.45) is -2.32. The van der Waals surface area contributed by atoms with Crippen molar-refractivity contribution in [3.8, 4) is 0 Å². The van der Waals surface area contributed by atoms with Crippen molar-refractivity contribution in [3.63, 3.8) is 0 Å². The predicted octanol–water partition coefficient (Wildman–Crippen LogP) is -1.62. The standard InChI is InChI=1S/C12H16N6O5/c1-14-12(21)22-2-5-7(19)8(20)11(23-5)18-4-17-6-9(13)15-3-16-10(6)18/h3-5,7-8,11,19-20H,2H2,1H3,(H,14,21)(H2,13,15,16)/t5-,7?,8?,11-/m1/s1. The van der Waals surface area contributed by atoms with Crippen molar-refractivity contribution in [3.05, 3.63) is 12.7 Å². The minimum absolute atomic E-state index is 0.196. The zero-order valence-electron chi connectivity index (χ0n) is 12.2. The third-order valence-corrected chi connectivity index (χ3v) is 3.58. The Labute approximate surface area is 130 Å². The minimum atomic E-state index is -1.25. The molecule has 2 aromatic rings. The number of anilines is 1. The number of aliphatic hydroxyl groups is 2. The van der Waals surface area contributed by atoms with Crippen molar-refractivity contribution in [1.29, 1.82) is 0 Å². The molecular weight excluding hydrogens is 308 g/mol. The number of hydrogen-bond donors (Lipinski definition) is 4. The Kier molecular flexibility index (Phi) is 3.98. The van der Waals surface area contributed by atoms with E-state index in [0.717, 1.165) is 0 Å². The van der Waals surface area contributed by atoms with E-state index in [1.165, 1.54) is 24.3 Å². The molecule has 1 amide bonds. The number of fused-ring (bicyclic) bond motifs is 1. The smallest absolute Gasteiger partial charge is 0.406 e. The SMILES string of the molecule is CNC(=O)OC[C@H]1O[C@@H](n2cnc3c(N)ncnc32)C(O)C1O. The van der Waals surface area contributed by atoms with E-state index in [0.29, 0.717) is 11.2 Å². The number of nitrogens with two attached hydrogens (primary N) is 1. The van der Waals surface area contributed by atoms with Crippen LogP contribution in [0.2, 0.25) is 0 Å². The molecule has 1 aliphatic heterocycles. The third-order valence-electron chi connectivity index (χ3n) is 3.58. The van der Waals surface area contributed by atoms with Crippen LogP contribution in [-0.2, 0) is 9.47 Å². The summed E-state index contributed by atoms with van der Waals surface area (Å²) in [6, 6.07) is 0. The van der Waals surface area contributed by atoms with Crippen LogP contribution in [0, 0.1) is 0 Å². The van der Waals surface area contributed by atoms with Crippen LogP contribution in [0.3, 0.4) is 0 Å². The van der Waals surface area contributed by atoms with Gasteiger partial charge in [0.05, 0.1) is 6.33 Å². The van der Waals surface area contributed by atoms with E-state index in [4.69, 9.17) is 15.2 Å². The van der Waals surface area contributed by atoms with Gasteiger partial charge < -0.3 is 30.7 Å². The molecule has 124 valence electrons. The van der Waals surface area contributed by atoms with E-state index in [1.54, 1.807) is 0 Å². The Morgan fingerprint density at radius 3 is 2.96 bits per heavy atom. The van der Waals surface area contributed by atoms with Gasteiger partial charge in [-0.15, -0.1) is 0 Å². The summed E-state index contributed by atoms with van der Waals surface area (Å²) in [7, 11) is 1.41. The molecule has 11 nitrogen and oxygen atoms in total. The lowest BCUT2D eigenvalue weighted by atomic mass is 10.1. The Hall–Kier alpha value is -2.50. The van der Waals surface area contributed by atoms with Gasteiger partial charge in [0.1, 0.15) is 36.8 Å². The first-order chi connectivity index (χ1) is 11.0. The molecule has 2 unspecified atom stereocenters. The quantitative estimate of drug-likeness (QED) is 0.521. The number of amides is 1. The normalized spacial score (nSPS) is 27.3. The lowest BCUT2D eigenvalue weighted by Gasteiger charge is -2.16. The van der Waals surface area contributed by atoms with Gasteiger partial charge in [-0.25, -0.2) is 19.7 Å². The fourth-order valence-electron chi connectivity index (χ4n) is 2.38. The monoisotopic (exact) mass is 324 g/mol. The average molecular weight is 324 g/mol. The van der Waals surface area contributed by atoms with Gasteiger partial charge in [0.25, 0.3) is 0 Å². The molecule has 1 fully saturated rings. The average Bonchev–Trinajstić information content (AvgIpc) is 3.09. The summed E-state index contributed by atoms with van der Waals surface area (Å²) in [4.78, 5) is 23.1. The van der Waals surface area contributed by atoms with Gasteiger partial charge in [-0.05, 0) is 0 Å². The Morgan fingerprint density at radius 2 is 2.22 bits per heavy atom. The molecular formula is C12H16N6O5. The van der Waals surface area contributed by atoms with E-state index in [-0.39, 0.29) is 12.4 Å². The molecule has 3 rings (SSSR count). The number of nitrogen functional groups attached to an aromatic ring is 1. The van der Waals surface area contributed by atoms with Gasteiger partial charge in [-0.1, -0.05) is 0 Å². The number of ether oxygens (including phenoxy) is 2. The van der Waals surface area contributed by atoms with Crippen LogP contribution in [0.1, 0.15) is 6.23 Å². The zero-order chi connectivity index (χ0) is 16.6. The number of carbonyl (C=O) groups is 1. The fourth-order valence-corrected chi connectivity index (χ4v) is 2.38. The molecule has 0 aliphatic carbocycles. The largest absolute Gasteiger partial charge is 0.447 e. The molecule has 5 N–H and O–H groups in total. The van der Waals surface area contributed by atoms with E-state index in [2.05, 4.69) is 20.3 Å². The first kappa shape index (κ1) is 15.4. The van der Waals surface area contributed by atoms with Gasteiger partial charge in [0.2, 0.25) is 0 Å². The molecule has 0 spiro atoms. The number of aromatic nitrogens is 4. The Balaban J connectivity index is 1.82. The number of nitrogens with one attached hydrogen (secondary N) is 1. The fraction of sp³-hybridized carbons (Fsp3) is 0.500. The summed E-state index contributed by atoms with van der Waals surface area (Å²) < 4.78 is 11.9. The number of carbonyl (C=O) groups excluding carboxylic acids is 1. The van der Waals surface area contributed by atoms with Crippen LogP contribution in [0.4, 0.5) is 10.6 Å². The van der Waals surface area contributed by atoms with E-state index in [9.17, 15) is 15.0 Å². The molecule has 0 radical (unpaired) electrons. The number of imidazole rings is 1. The zero-order valence-corrected chi connectivity index (χ0v) is 12.2. The summed E-state index contributed by atoms with van der Waals surface area (Å²) >= 11 is 0. The second-order valence-corrected chi connectivity index (χ2v) is 4.98. The maximum atomic E-state index is 11.1.